The van der Waals surface area contributed by atoms with Gasteiger partial charge in [0, 0.05) is 12.6 Å². The summed E-state index contributed by atoms with van der Waals surface area (Å²) in [6.45, 7) is 2.03. The lowest BCUT2D eigenvalue weighted by molar-refractivity contribution is -0.120. The van der Waals surface area contributed by atoms with Crippen molar-refractivity contribution in [2.75, 3.05) is 12.4 Å². The quantitative estimate of drug-likeness (QED) is 0.822. The fourth-order valence-corrected chi connectivity index (χ4v) is 2.49. The number of hydrogen-bond acceptors (Lipinski definition) is 2. The Labute approximate surface area is 149 Å². The minimum Gasteiger partial charge on any atom is -0.322 e. The lowest BCUT2D eigenvalue weighted by Gasteiger charge is -2.24. The highest BCUT2D eigenvalue weighted by Crippen LogP contribution is 2.26. The van der Waals surface area contributed by atoms with E-state index in [0.29, 0.717) is 16.6 Å². The van der Waals surface area contributed by atoms with Gasteiger partial charge in [0.1, 0.15) is 11.6 Å². The molecule has 1 unspecified atom stereocenters. The van der Waals surface area contributed by atoms with Crippen molar-refractivity contribution in [3.05, 3.63) is 63.6 Å². The Balaban J connectivity index is 2.07. The molecule has 128 valence electrons. The Morgan fingerprint density at radius 3 is 2.67 bits per heavy atom. The van der Waals surface area contributed by atoms with E-state index in [2.05, 4.69) is 5.32 Å². The minimum atomic E-state index is -0.697. The monoisotopic (exact) mass is 372 g/mol. The molecular formula is C17H16Cl2F2N2O. The number of halogens is 4. The number of hydrogen-bond donors (Lipinski definition) is 1. The Morgan fingerprint density at radius 1 is 1.25 bits per heavy atom. The van der Waals surface area contributed by atoms with E-state index >= 15 is 0 Å². The fraction of sp³-hybridized carbons (Fsp3) is 0.235. The molecule has 2 aromatic carbocycles. The van der Waals surface area contributed by atoms with Crippen LogP contribution < -0.4 is 5.32 Å². The van der Waals surface area contributed by atoms with Crippen molar-refractivity contribution in [3.63, 3.8) is 0 Å². The normalized spacial score (nSPS) is 12.3. The first-order valence-corrected chi connectivity index (χ1v) is 7.94. The van der Waals surface area contributed by atoms with Crippen LogP contribution in [-0.2, 0) is 11.3 Å². The Bertz CT molecular complexity index is 755. The molecule has 0 aliphatic rings. The highest BCUT2D eigenvalue weighted by molar-refractivity contribution is 6.42. The van der Waals surface area contributed by atoms with Crippen molar-refractivity contribution in [1.29, 1.82) is 0 Å². The number of carbonyl (C=O) groups excluding carboxylic acids is 1. The second-order valence-electron chi connectivity index (χ2n) is 5.42. The third-order valence-corrected chi connectivity index (χ3v) is 4.54. The highest BCUT2D eigenvalue weighted by atomic mass is 35.5. The number of carbonyl (C=O) groups is 1. The molecule has 0 aliphatic carbocycles. The van der Waals surface area contributed by atoms with Crippen LogP contribution in [0.4, 0.5) is 14.5 Å². The number of amides is 1. The molecule has 7 heteroatoms. The standard InChI is InChI=1S/C17H16Cl2F2N2O/c1-10(17(24)22-15-8-12(20)6-7-14(15)21)23(2)9-11-4-3-5-13(18)16(11)19/h3-8,10H,9H2,1-2H3,(H,22,24). The Hall–Kier alpha value is -1.69. The molecule has 0 saturated carbocycles. The number of rotatable bonds is 5. The molecule has 24 heavy (non-hydrogen) atoms. The van der Waals surface area contributed by atoms with Crippen LogP contribution in [0.15, 0.2) is 36.4 Å². The molecule has 1 N–H and O–H groups in total. The van der Waals surface area contributed by atoms with Gasteiger partial charge in [-0.3, -0.25) is 9.69 Å². The molecule has 2 aromatic rings. The molecule has 1 atom stereocenters. The van der Waals surface area contributed by atoms with Crippen LogP contribution in [0.3, 0.4) is 0 Å². The average molecular weight is 373 g/mol. The fourth-order valence-electron chi connectivity index (χ4n) is 2.11. The van der Waals surface area contributed by atoms with Crippen LogP contribution in [0.25, 0.3) is 0 Å². The maximum absolute atomic E-state index is 13.6. The van der Waals surface area contributed by atoms with Gasteiger partial charge >= 0.3 is 0 Å². The van der Waals surface area contributed by atoms with Crippen LogP contribution in [0.5, 0.6) is 0 Å². The van der Waals surface area contributed by atoms with Gasteiger partial charge in [0.15, 0.2) is 0 Å². The van der Waals surface area contributed by atoms with Crippen LogP contribution in [0, 0.1) is 11.6 Å². The lowest BCUT2D eigenvalue weighted by atomic mass is 10.2. The summed E-state index contributed by atoms with van der Waals surface area (Å²) >= 11 is 12.1. The third kappa shape index (κ3) is 4.44. The molecule has 0 bridgehead atoms. The van der Waals surface area contributed by atoms with E-state index in [1.54, 1.807) is 31.0 Å². The first-order chi connectivity index (χ1) is 11.3. The van der Waals surface area contributed by atoms with Crippen LogP contribution in [0.1, 0.15) is 12.5 Å². The van der Waals surface area contributed by atoms with E-state index < -0.39 is 23.6 Å². The van der Waals surface area contributed by atoms with Gasteiger partial charge < -0.3 is 5.32 Å². The zero-order chi connectivity index (χ0) is 17.9. The number of benzene rings is 2. The number of nitrogens with one attached hydrogen (secondary N) is 1. The Kier molecular flexibility index (Phi) is 6.15. The average Bonchev–Trinajstić information content (AvgIpc) is 2.54. The summed E-state index contributed by atoms with van der Waals surface area (Å²) in [6.07, 6.45) is 0. The topological polar surface area (TPSA) is 32.3 Å². The molecular weight excluding hydrogens is 357 g/mol. The SMILES string of the molecule is CC(C(=O)Nc1cc(F)ccc1F)N(C)Cc1cccc(Cl)c1Cl. The summed E-state index contributed by atoms with van der Waals surface area (Å²) < 4.78 is 26.8. The Morgan fingerprint density at radius 2 is 1.96 bits per heavy atom. The van der Waals surface area contributed by atoms with Crippen molar-refractivity contribution in [3.8, 4) is 0 Å². The summed E-state index contributed by atoms with van der Waals surface area (Å²) in [6, 6.07) is 7.55. The van der Waals surface area contributed by atoms with E-state index in [9.17, 15) is 13.6 Å². The number of anilines is 1. The second kappa shape index (κ2) is 7.92. The summed E-state index contributed by atoms with van der Waals surface area (Å²) in [5.74, 6) is -1.78. The van der Waals surface area contributed by atoms with Crippen LogP contribution in [-0.4, -0.2) is 23.9 Å². The molecule has 0 spiro atoms. The molecule has 2 rings (SSSR count). The summed E-state index contributed by atoms with van der Waals surface area (Å²) in [4.78, 5) is 14.0. The predicted molar refractivity (Wildman–Crippen MR) is 92.4 cm³/mol. The van der Waals surface area contributed by atoms with E-state index in [-0.39, 0.29) is 5.69 Å². The minimum absolute atomic E-state index is 0.193. The van der Waals surface area contributed by atoms with Crippen molar-refractivity contribution in [1.82, 2.24) is 4.90 Å². The molecule has 0 aromatic heterocycles. The number of nitrogens with zero attached hydrogens (tertiary/aromatic N) is 1. The van der Waals surface area contributed by atoms with E-state index in [1.165, 1.54) is 0 Å². The zero-order valence-corrected chi connectivity index (χ0v) is 14.6. The third-order valence-electron chi connectivity index (χ3n) is 3.68. The lowest BCUT2D eigenvalue weighted by Crippen LogP contribution is -2.39. The van der Waals surface area contributed by atoms with Gasteiger partial charge in [0.05, 0.1) is 21.8 Å². The summed E-state index contributed by atoms with van der Waals surface area (Å²) in [5, 5.41) is 3.25. The van der Waals surface area contributed by atoms with E-state index in [4.69, 9.17) is 23.2 Å². The molecule has 0 fully saturated rings. The second-order valence-corrected chi connectivity index (χ2v) is 6.20. The molecule has 3 nitrogen and oxygen atoms in total. The van der Waals surface area contributed by atoms with Crippen LogP contribution in [0.2, 0.25) is 10.0 Å². The van der Waals surface area contributed by atoms with E-state index in [0.717, 1.165) is 23.8 Å². The first kappa shape index (κ1) is 18.6. The number of likely N-dealkylation sites (N-methyl/N-ethyl adjacent to an activating group) is 1. The van der Waals surface area contributed by atoms with Gasteiger partial charge in [0.25, 0.3) is 0 Å². The van der Waals surface area contributed by atoms with Crippen molar-refractivity contribution in [2.24, 2.45) is 0 Å². The van der Waals surface area contributed by atoms with Gasteiger partial charge in [-0.05, 0) is 37.7 Å². The van der Waals surface area contributed by atoms with Crippen molar-refractivity contribution < 1.29 is 13.6 Å². The molecule has 0 saturated heterocycles. The maximum Gasteiger partial charge on any atom is 0.241 e. The highest BCUT2D eigenvalue weighted by Gasteiger charge is 2.20. The van der Waals surface area contributed by atoms with E-state index in [1.807, 2.05) is 6.07 Å². The molecule has 0 aliphatic heterocycles. The van der Waals surface area contributed by atoms with Gasteiger partial charge in [-0.1, -0.05) is 35.3 Å². The molecule has 0 heterocycles. The van der Waals surface area contributed by atoms with Crippen molar-refractivity contribution in [2.45, 2.75) is 19.5 Å². The van der Waals surface area contributed by atoms with Gasteiger partial charge in [-0.25, -0.2) is 8.78 Å². The summed E-state index contributed by atoms with van der Waals surface area (Å²) in [7, 11) is 1.73. The zero-order valence-electron chi connectivity index (χ0n) is 13.1. The predicted octanol–water partition coefficient (Wildman–Crippen LogP) is 4.73. The summed E-state index contributed by atoms with van der Waals surface area (Å²) in [5.41, 5.74) is 0.573. The van der Waals surface area contributed by atoms with Gasteiger partial charge in [0.2, 0.25) is 5.91 Å². The van der Waals surface area contributed by atoms with Crippen LogP contribution >= 0.6 is 23.2 Å². The molecule has 0 radical (unpaired) electrons. The largest absolute Gasteiger partial charge is 0.322 e. The van der Waals surface area contributed by atoms with Gasteiger partial charge in [-0.2, -0.15) is 0 Å². The van der Waals surface area contributed by atoms with Gasteiger partial charge in [-0.15, -0.1) is 0 Å². The maximum atomic E-state index is 13.6. The molecule has 1 amide bonds. The van der Waals surface area contributed by atoms with Crippen molar-refractivity contribution >= 4 is 34.8 Å². The first-order valence-electron chi connectivity index (χ1n) is 7.18. The smallest absolute Gasteiger partial charge is 0.241 e.